The second-order valence-electron chi connectivity index (χ2n) is 6.45. The molecule has 0 aromatic carbocycles. The molecule has 0 saturated heterocycles. The Hall–Kier alpha value is -1.76. The third-order valence-electron chi connectivity index (χ3n) is 4.19. The van der Waals surface area contributed by atoms with E-state index in [1.54, 1.807) is 0 Å². The molecule has 0 bridgehead atoms. The van der Waals surface area contributed by atoms with Crippen molar-refractivity contribution < 1.29 is 0 Å². The predicted molar refractivity (Wildman–Crippen MR) is 105 cm³/mol. The van der Waals surface area contributed by atoms with Gasteiger partial charge in [0.05, 0.1) is 0 Å². The summed E-state index contributed by atoms with van der Waals surface area (Å²) in [4.78, 5) is 0. The molecule has 1 aliphatic rings. The van der Waals surface area contributed by atoms with Crippen molar-refractivity contribution in [2.24, 2.45) is 0 Å². The molecule has 24 heavy (non-hydrogen) atoms. The maximum Gasteiger partial charge on any atom is 0.00989 e. The summed E-state index contributed by atoms with van der Waals surface area (Å²) < 4.78 is 0. The van der Waals surface area contributed by atoms with Gasteiger partial charge in [0, 0.05) is 25.7 Å². The Labute approximate surface area is 150 Å². The Morgan fingerprint density at radius 2 is 0.458 bits per heavy atom. The van der Waals surface area contributed by atoms with E-state index in [1.165, 1.54) is 77.0 Å². The van der Waals surface area contributed by atoms with Crippen molar-refractivity contribution in [1.82, 2.24) is 0 Å². The van der Waals surface area contributed by atoms with E-state index >= 15 is 0 Å². The first-order chi connectivity index (χ1) is 12.0. The zero-order valence-electron chi connectivity index (χ0n) is 15.3. The van der Waals surface area contributed by atoms with E-state index in [2.05, 4.69) is 47.4 Å². The van der Waals surface area contributed by atoms with Crippen molar-refractivity contribution in [1.29, 1.82) is 0 Å². The molecule has 0 amide bonds. The fraction of sp³-hybridized carbons (Fsp3) is 0.667. The SMILES string of the molecule is C1#CCCCCCCCCC#CC#CCCCCCCCCC#C1. The largest absolute Gasteiger partial charge is 0.0891 e. The highest BCUT2D eigenvalue weighted by molar-refractivity contribution is 5.26. The van der Waals surface area contributed by atoms with Crippen LogP contribution in [0.3, 0.4) is 0 Å². The Bertz CT molecular complexity index is 432. The Morgan fingerprint density at radius 1 is 0.250 bits per heavy atom. The molecule has 0 fully saturated rings. The standard InChI is InChI=1S/C24H32/c1-2-4-6-8-10-12-14-16-18-20-22-24-23-21-19-17-15-13-11-9-7-5-3-1/h1-8,17-24H2. The number of rotatable bonds is 0. The van der Waals surface area contributed by atoms with E-state index in [0.717, 1.165) is 25.7 Å². The van der Waals surface area contributed by atoms with Gasteiger partial charge in [0.25, 0.3) is 0 Å². The highest BCUT2D eigenvalue weighted by Crippen LogP contribution is 2.09. The van der Waals surface area contributed by atoms with Crippen molar-refractivity contribution in [3.05, 3.63) is 0 Å². The average molecular weight is 321 g/mol. The average Bonchev–Trinajstić information content (AvgIpc) is 2.59. The van der Waals surface area contributed by atoms with Crippen LogP contribution in [0.25, 0.3) is 0 Å². The zero-order valence-corrected chi connectivity index (χ0v) is 15.3. The van der Waals surface area contributed by atoms with E-state index in [0.29, 0.717) is 0 Å². The molecule has 0 aliphatic heterocycles. The van der Waals surface area contributed by atoms with Gasteiger partial charge in [0.1, 0.15) is 0 Å². The Kier molecular flexibility index (Phi) is 14.9. The summed E-state index contributed by atoms with van der Waals surface area (Å²) in [5.74, 6) is 24.7. The lowest BCUT2D eigenvalue weighted by molar-refractivity contribution is 0.604. The Morgan fingerprint density at radius 3 is 0.708 bits per heavy atom. The van der Waals surface area contributed by atoms with Crippen molar-refractivity contribution in [2.45, 2.75) is 103 Å². The van der Waals surface area contributed by atoms with Crippen molar-refractivity contribution in [3.63, 3.8) is 0 Å². The van der Waals surface area contributed by atoms with E-state index in [1.807, 2.05) is 0 Å². The first-order valence-electron chi connectivity index (χ1n) is 9.91. The summed E-state index contributed by atoms with van der Waals surface area (Å²) in [7, 11) is 0. The molecule has 0 atom stereocenters. The maximum absolute atomic E-state index is 3.18. The molecule has 0 heterocycles. The van der Waals surface area contributed by atoms with Crippen LogP contribution in [0.5, 0.6) is 0 Å². The van der Waals surface area contributed by atoms with Gasteiger partial charge in [-0.2, -0.15) is 0 Å². The smallest absolute Gasteiger partial charge is 0.00989 e. The summed E-state index contributed by atoms with van der Waals surface area (Å²) >= 11 is 0. The summed E-state index contributed by atoms with van der Waals surface area (Å²) in [6, 6.07) is 0. The van der Waals surface area contributed by atoms with Crippen LogP contribution in [0.15, 0.2) is 0 Å². The third kappa shape index (κ3) is 15.1. The highest BCUT2D eigenvalue weighted by atomic mass is 14.0. The van der Waals surface area contributed by atoms with E-state index in [9.17, 15) is 0 Å². The Balaban J connectivity index is 2.25. The van der Waals surface area contributed by atoms with Crippen LogP contribution in [-0.2, 0) is 0 Å². The molecule has 128 valence electrons. The summed E-state index contributed by atoms with van der Waals surface area (Å²) in [6.45, 7) is 0. The van der Waals surface area contributed by atoms with Crippen molar-refractivity contribution >= 4 is 0 Å². The zero-order chi connectivity index (χ0) is 17.0. The third-order valence-corrected chi connectivity index (χ3v) is 4.19. The molecule has 0 aromatic heterocycles. The molecule has 0 spiro atoms. The van der Waals surface area contributed by atoms with E-state index in [-0.39, 0.29) is 0 Å². The fourth-order valence-corrected chi connectivity index (χ4v) is 2.69. The molecule has 1 rings (SSSR count). The van der Waals surface area contributed by atoms with Gasteiger partial charge >= 0.3 is 0 Å². The minimum atomic E-state index is 0.999. The molecule has 0 aromatic rings. The van der Waals surface area contributed by atoms with Gasteiger partial charge in [0.15, 0.2) is 0 Å². The monoisotopic (exact) mass is 320 g/mol. The van der Waals surface area contributed by atoms with Crippen LogP contribution < -0.4 is 0 Å². The minimum Gasteiger partial charge on any atom is -0.0891 e. The molecule has 0 saturated carbocycles. The van der Waals surface area contributed by atoms with Crippen LogP contribution in [-0.4, -0.2) is 0 Å². The van der Waals surface area contributed by atoms with Crippen LogP contribution in [0.1, 0.15) is 103 Å². The van der Waals surface area contributed by atoms with E-state index in [4.69, 9.17) is 0 Å². The molecule has 0 radical (unpaired) electrons. The molecule has 0 N–H and O–H groups in total. The highest BCUT2D eigenvalue weighted by Gasteiger charge is 1.91. The molecular formula is C24H32. The number of hydrogen-bond donors (Lipinski definition) is 0. The first-order valence-corrected chi connectivity index (χ1v) is 9.91. The van der Waals surface area contributed by atoms with Crippen LogP contribution in [0.2, 0.25) is 0 Å². The maximum atomic E-state index is 3.18. The summed E-state index contributed by atoms with van der Waals surface area (Å²) in [5, 5.41) is 0. The lowest BCUT2D eigenvalue weighted by Gasteiger charge is -1.98. The second-order valence-corrected chi connectivity index (χ2v) is 6.45. The summed E-state index contributed by atoms with van der Waals surface area (Å²) in [6.07, 6.45) is 19.3. The molecular weight excluding hydrogens is 288 g/mol. The molecule has 0 unspecified atom stereocenters. The van der Waals surface area contributed by atoms with Crippen LogP contribution in [0.4, 0.5) is 0 Å². The lowest BCUT2D eigenvalue weighted by atomic mass is 10.1. The lowest BCUT2D eigenvalue weighted by Crippen LogP contribution is -1.80. The topological polar surface area (TPSA) is 0 Å². The minimum absolute atomic E-state index is 0.999. The normalized spacial score (nSPS) is 18.7. The first kappa shape index (κ1) is 20.3. The van der Waals surface area contributed by atoms with Crippen molar-refractivity contribution in [2.75, 3.05) is 0 Å². The van der Waals surface area contributed by atoms with Gasteiger partial charge in [-0.1, -0.05) is 75.0 Å². The second kappa shape index (κ2) is 17.6. The predicted octanol–water partition coefficient (Wildman–Crippen LogP) is 6.26. The van der Waals surface area contributed by atoms with Gasteiger partial charge in [0.2, 0.25) is 0 Å². The quantitative estimate of drug-likeness (QED) is 0.462. The molecule has 1 aliphatic carbocycles. The van der Waals surface area contributed by atoms with Crippen LogP contribution >= 0.6 is 0 Å². The molecule has 0 heteroatoms. The fourth-order valence-electron chi connectivity index (χ4n) is 2.69. The van der Waals surface area contributed by atoms with Gasteiger partial charge in [-0.15, -0.1) is 0 Å². The van der Waals surface area contributed by atoms with Gasteiger partial charge in [-0.25, -0.2) is 0 Å². The molecule has 0 nitrogen and oxygen atoms in total. The summed E-state index contributed by atoms with van der Waals surface area (Å²) in [5.41, 5.74) is 0. The van der Waals surface area contributed by atoms with E-state index < -0.39 is 0 Å². The number of hydrogen-bond acceptors (Lipinski definition) is 0. The van der Waals surface area contributed by atoms with Gasteiger partial charge < -0.3 is 0 Å². The van der Waals surface area contributed by atoms with Crippen molar-refractivity contribution in [3.8, 4) is 47.4 Å². The van der Waals surface area contributed by atoms with Gasteiger partial charge in [-0.05, 0) is 49.4 Å². The van der Waals surface area contributed by atoms with Gasteiger partial charge in [-0.3, -0.25) is 0 Å². The van der Waals surface area contributed by atoms with Crippen LogP contribution in [0, 0.1) is 47.4 Å².